The van der Waals surface area contributed by atoms with Crippen molar-refractivity contribution in [3.63, 3.8) is 0 Å². The summed E-state index contributed by atoms with van der Waals surface area (Å²) in [5.41, 5.74) is 1.84. The van der Waals surface area contributed by atoms with E-state index in [1.165, 1.54) is 136 Å². The molecule has 0 amide bonds. The molecule has 0 saturated heterocycles. The molecule has 0 aromatic carbocycles. The predicted molar refractivity (Wildman–Crippen MR) is 338 cm³/mol. The summed E-state index contributed by atoms with van der Waals surface area (Å²) in [6.07, 6.45) is 34.6. The van der Waals surface area contributed by atoms with Crippen molar-refractivity contribution in [2.24, 2.45) is 139 Å². The number of rotatable bonds is 14. The standard InChI is InChI=1S/C25H40O4.C25H40O3.C24H42O5S.Na/c1-15(5-8-22(28)29-4)18-6-7-19-23-20(10-12-25(18,19)3)24(2)11-9-17(26)13-16(24)14-21(23)27;1-16(8-11-22(27)28-4)18-9-10-19-23-20(12-14-25(18,19)3)24(2)13-6-5-7-17(24)15-21(23)26;1-16(7-6-14-29-30(26,27)28)18-9-10-19-22-20(11-13-24(18,19)3)23(2)12-5-4-8-17(23)15-21(22)25;/h15-20,23,26H,5-14H2,1-4H3;16-20,23H,5-15H2,1-4H3;16-22,25H,4-15H2,1-3H3,(H,26,27,28);/q;;;+1/p-1/t15-,16+,17-,18-,19?,20?,23?,24+,25-;16-,17+,18-,19?,20?,23?,24+,25-;16-,17+,18-,19?,20?,21-,22?,23+,24-;/m111./s1. The van der Waals surface area contributed by atoms with Gasteiger partial charge in [0.05, 0.1) is 33.0 Å². The number of aliphatic hydroxyl groups is 2. The van der Waals surface area contributed by atoms with Crippen LogP contribution in [-0.2, 0) is 43.2 Å². The van der Waals surface area contributed by atoms with Crippen LogP contribution in [0.3, 0.4) is 0 Å². The molecule has 0 aromatic heterocycles. The molecule has 12 aliphatic rings. The van der Waals surface area contributed by atoms with E-state index < -0.39 is 10.4 Å². The van der Waals surface area contributed by atoms with Gasteiger partial charge in [0.15, 0.2) is 0 Å². The fraction of sp³-hybridized carbons (Fsp3) is 0.946. The van der Waals surface area contributed by atoms with E-state index in [-0.39, 0.29) is 87.9 Å². The van der Waals surface area contributed by atoms with Crippen LogP contribution in [0.2, 0.25) is 0 Å². The van der Waals surface area contributed by atoms with Gasteiger partial charge >= 0.3 is 41.5 Å². The van der Waals surface area contributed by atoms with Gasteiger partial charge < -0.3 is 24.2 Å². The van der Waals surface area contributed by atoms with E-state index >= 15 is 0 Å². The Bertz CT molecular complexity index is 2560. The number of hydrogen-bond acceptors (Lipinski definition) is 12. The molecule has 0 radical (unpaired) electrons. The van der Waals surface area contributed by atoms with Crippen LogP contribution in [0.1, 0.15) is 268 Å². The molecule has 496 valence electrons. The van der Waals surface area contributed by atoms with Gasteiger partial charge in [-0.25, -0.2) is 8.42 Å². The quantitative estimate of drug-likeness (QED) is 0.0550. The summed E-state index contributed by atoms with van der Waals surface area (Å²) in [5, 5.41) is 21.5. The molecule has 9 unspecified atom stereocenters. The van der Waals surface area contributed by atoms with Gasteiger partial charge in [0.25, 0.3) is 0 Å². The van der Waals surface area contributed by atoms with E-state index in [1.54, 1.807) is 0 Å². The zero-order valence-corrected chi connectivity index (χ0v) is 60.1. The van der Waals surface area contributed by atoms with Crippen LogP contribution in [0, 0.1) is 139 Å². The van der Waals surface area contributed by atoms with Gasteiger partial charge in [-0.2, -0.15) is 0 Å². The molecule has 2 N–H and O–H groups in total. The Balaban J connectivity index is 0.000000156. The van der Waals surface area contributed by atoms with Crippen LogP contribution in [0.5, 0.6) is 0 Å². The van der Waals surface area contributed by atoms with Crippen LogP contribution in [-0.4, -0.2) is 79.7 Å². The first kappa shape index (κ1) is 71.4. The molecule has 88 heavy (non-hydrogen) atoms. The third kappa shape index (κ3) is 13.4. The molecule has 12 rings (SSSR count). The number of esters is 2. The Labute approximate surface area is 555 Å². The molecule has 0 heterocycles. The fourth-order valence-corrected chi connectivity index (χ4v) is 26.4. The van der Waals surface area contributed by atoms with Gasteiger partial charge in [-0.3, -0.25) is 23.4 Å². The number of ketones is 2. The van der Waals surface area contributed by atoms with Crippen LogP contribution in [0.4, 0.5) is 0 Å². The average Bonchev–Trinajstić information content (AvgIpc) is 1.31. The third-order valence-electron chi connectivity index (χ3n) is 30.8. The molecule has 12 fully saturated rings. The van der Waals surface area contributed by atoms with Crippen molar-refractivity contribution in [3.05, 3.63) is 0 Å². The van der Waals surface area contributed by atoms with Gasteiger partial charge in [-0.1, -0.05) is 88.0 Å². The number of fused-ring (bicyclic) bond motifs is 15. The Morgan fingerprint density at radius 1 is 0.511 bits per heavy atom. The monoisotopic (exact) mass is 1260 g/mol. The maximum Gasteiger partial charge on any atom is 1.00 e. The molecule has 0 aromatic rings. The van der Waals surface area contributed by atoms with Crippen LogP contribution in [0.25, 0.3) is 0 Å². The van der Waals surface area contributed by atoms with E-state index in [2.05, 4.69) is 66.5 Å². The van der Waals surface area contributed by atoms with Crippen molar-refractivity contribution in [2.45, 2.75) is 280 Å². The fourth-order valence-electron chi connectivity index (χ4n) is 26.1. The van der Waals surface area contributed by atoms with E-state index in [1.807, 2.05) is 0 Å². The number of Topliss-reactive ketones (excluding diaryl/α,β-unsaturated/α-hetero) is 2. The first-order chi connectivity index (χ1) is 41.1. The molecule has 0 bridgehead atoms. The number of methoxy groups -OCH3 is 2. The summed E-state index contributed by atoms with van der Waals surface area (Å²) in [5.74, 6) is 10.5. The van der Waals surface area contributed by atoms with Crippen molar-refractivity contribution in [1.29, 1.82) is 0 Å². The van der Waals surface area contributed by atoms with Crippen molar-refractivity contribution < 1.29 is 85.6 Å². The molecule has 0 spiro atoms. The van der Waals surface area contributed by atoms with Gasteiger partial charge in [0.1, 0.15) is 11.6 Å². The average molecular weight is 1260 g/mol. The van der Waals surface area contributed by atoms with Crippen LogP contribution in [0.15, 0.2) is 0 Å². The second-order valence-electron chi connectivity index (χ2n) is 34.2. The van der Waals surface area contributed by atoms with E-state index in [0.29, 0.717) is 149 Å². The van der Waals surface area contributed by atoms with E-state index in [4.69, 9.17) is 9.47 Å². The minimum atomic E-state index is -4.59. The molecular weight excluding hydrogens is 1140 g/mol. The minimum absolute atomic E-state index is 0. The number of carbonyl (C=O) groups excluding carboxylic acids is 4. The van der Waals surface area contributed by atoms with Crippen molar-refractivity contribution in [2.75, 3.05) is 20.8 Å². The van der Waals surface area contributed by atoms with Gasteiger partial charge in [-0.05, 0) is 281 Å². The summed E-state index contributed by atoms with van der Waals surface area (Å²) in [6, 6.07) is 0. The smallest absolute Gasteiger partial charge is 0.726 e. The first-order valence-electron chi connectivity index (χ1n) is 36.2. The second-order valence-corrected chi connectivity index (χ2v) is 35.2. The Morgan fingerprint density at radius 2 is 0.909 bits per heavy atom. The predicted octanol–water partition coefficient (Wildman–Crippen LogP) is 12.5. The van der Waals surface area contributed by atoms with Gasteiger partial charge in [0.2, 0.25) is 10.4 Å². The number of ether oxygens (including phenoxy) is 2. The normalized spacial score (nSPS) is 46.5. The van der Waals surface area contributed by atoms with Crippen LogP contribution >= 0.6 is 0 Å². The second kappa shape index (κ2) is 28.0. The molecule has 14 heteroatoms. The SMILES string of the molecule is COC(=O)CC[C@@H](C)[C@H]1CCC2C3C(=O)C[C@@H]4CCCC[C@]4(C)C3CC[C@@]21C.COC(=O)CC[C@@H](C)[C@H]1CCC2C3C(=O)C[C@@H]4C[C@H](O)CC[C@]4(C)C3CC[C@@]21C.C[C@H](CCCOS(=O)(=O)[O-])[C@H]1CCC2C3C(CC[C@@]21C)[C@@]1(C)CCCC[C@H]1C[C@H]3O.[Na+]. The Kier molecular flexibility index (Phi) is 22.7. The number of carbonyl (C=O) groups is 4. The summed E-state index contributed by atoms with van der Waals surface area (Å²) < 4.78 is 46.1. The minimum Gasteiger partial charge on any atom is -0.726 e. The maximum absolute atomic E-state index is 13.4. The zero-order valence-electron chi connectivity index (χ0n) is 57.3. The van der Waals surface area contributed by atoms with E-state index in [0.717, 1.165) is 57.8 Å². The van der Waals surface area contributed by atoms with E-state index in [9.17, 15) is 42.4 Å². The zero-order chi connectivity index (χ0) is 62.8. The molecule has 12 saturated carbocycles. The Hall–Kier alpha value is -0.930. The summed E-state index contributed by atoms with van der Waals surface area (Å²) in [7, 11) is -1.64. The topological polar surface area (TPSA) is 194 Å². The summed E-state index contributed by atoms with van der Waals surface area (Å²) >= 11 is 0. The van der Waals surface area contributed by atoms with Gasteiger partial charge in [-0.15, -0.1) is 0 Å². The molecular formula is C74H121NaO12S. The van der Waals surface area contributed by atoms with Crippen LogP contribution < -0.4 is 29.6 Å². The summed E-state index contributed by atoms with van der Waals surface area (Å²) in [4.78, 5) is 50.0. The van der Waals surface area contributed by atoms with Crippen molar-refractivity contribution in [1.82, 2.24) is 0 Å². The third-order valence-corrected chi connectivity index (χ3v) is 31.3. The molecule has 26 atom stereocenters. The van der Waals surface area contributed by atoms with Crippen molar-refractivity contribution >= 4 is 33.9 Å². The van der Waals surface area contributed by atoms with Crippen molar-refractivity contribution in [3.8, 4) is 0 Å². The summed E-state index contributed by atoms with van der Waals surface area (Å²) in [6.45, 7) is 21.8. The number of aliphatic hydroxyl groups excluding tert-OH is 2. The first-order valence-corrected chi connectivity index (χ1v) is 37.6. The molecule has 12 aliphatic carbocycles. The van der Waals surface area contributed by atoms with Gasteiger partial charge in [0, 0.05) is 37.5 Å². The Morgan fingerprint density at radius 3 is 1.41 bits per heavy atom. The molecule has 0 aliphatic heterocycles. The maximum atomic E-state index is 13.4. The number of hydrogen-bond donors (Lipinski definition) is 2. The molecule has 12 nitrogen and oxygen atoms in total. The largest absolute Gasteiger partial charge is 1.00 e.